The fraction of sp³-hybridized carbons (Fsp3) is 0.556. The standard InChI is InChI=1S/C34H48N2.2CH3.Ni/c1-4-7-10-12-13-15-18-31(27-28-36-35)34(32-23-19-29(20-24-32)16-9-6-3)33-25-21-30(22-26-33)17-14-11-8-5-2;;;/h19-27H,4-18H2,1-3H3;2*1H3;. The molecule has 0 heterocycles. The van der Waals surface area contributed by atoms with Crippen LogP contribution in [0.4, 0.5) is 0 Å². The van der Waals surface area contributed by atoms with Crippen LogP contribution in [0.3, 0.4) is 0 Å². The second-order valence-corrected chi connectivity index (χ2v) is 11.4. The van der Waals surface area contributed by atoms with Gasteiger partial charge in [-0.1, -0.05) is 127 Å². The molecular formula is C36H54N2Ni. The van der Waals surface area contributed by atoms with E-state index in [0.717, 1.165) is 25.7 Å². The molecule has 0 N–H and O–H groups in total. The van der Waals surface area contributed by atoms with Crippen LogP contribution in [0.1, 0.15) is 126 Å². The van der Waals surface area contributed by atoms with E-state index in [0.29, 0.717) is 0 Å². The van der Waals surface area contributed by atoms with E-state index in [-0.39, 0.29) is 0 Å². The van der Waals surface area contributed by atoms with Crippen molar-refractivity contribution in [2.45, 2.75) is 129 Å². The second-order valence-electron chi connectivity index (χ2n) is 10.4. The van der Waals surface area contributed by atoms with Crippen LogP contribution >= 0.6 is 0 Å². The monoisotopic (exact) mass is 572 g/mol. The first-order chi connectivity index (χ1) is 19.1. The molecule has 0 spiro atoms. The van der Waals surface area contributed by atoms with Crippen molar-refractivity contribution in [3.8, 4) is 0 Å². The maximum absolute atomic E-state index is 9.14. The van der Waals surface area contributed by atoms with E-state index in [1.807, 2.05) is 6.08 Å². The average molecular weight is 574 g/mol. The Balaban J connectivity index is 0.00000242. The molecule has 0 radical (unpaired) electrons. The molecule has 0 fully saturated rings. The molecule has 0 aliphatic carbocycles. The van der Waals surface area contributed by atoms with Gasteiger partial charge in [0.05, 0.1) is 6.08 Å². The van der Waals surface area contributed by atoms with E-state index in [4.69, 9.17) is 5.53 Å². The third-order valence-electron chi connectivity index (χ3n) is 7.04. The minimum atomic E-state index is 0.959. The van der Waals surface area contributed by atoms with Gasteiger partial charge in [0.2, 0.25) is 0 Å². The molecule has 0 amide bonds. The molecule has 0 atom stereocenters. The van der Waals surface area contributed by atoms with Crippen molar-refractivity contribution in [3.05, 3.63) is 88.0 Å². The van der Waals surface area contributed by atoms with Gasteiger partial charge in [-0.3, -0.25) is 0 Å². The number of nitrogens with zero attached hydrogens (tertiary/aromatic N) is 2. The van der Waals surface area contributed by atoms with Gasteiger partial charge in [-0.25, -0.2) is 0 Å². The van der Waals surface area contributed by atoms with Gasteiger partial charge in [-0.2, -0.15) is 0 Å². The normalized spacial score (nSPS) is 11.2. The summed E-state index contributed by atoms with van der Waals surface area (Å²) in [5.74, 6) is 6.84. The first-order valence-electron chi connectivity index (χ1n) is 15.2. The fourth-order valence-corrected chi connectivity index (χ4v) is 4.82. The van der Waals surface area contributed by atoms with Crippen molar-refractivity contribution in [2.24, 2.45) is 0 Å². The zero-order chi connectivity index (χ0) is 28.6. The van der Waals surface area contributed by atoms with Crippen molar-refractivity contribution in [2.75, 3.05) is 0 Å². The third kappa shape index (κ3) is 15.3. The first-order valence-corrected chi connectivity index (χ1v) is 17.2. The summed E-state index contributed by atoms with van der Waals surface area (Å²) in [4.78, 5) is 3.18. The van der Waals surface area contributed by atoms with Crippen LogP contribution in [0, 0.1) is 0 Å². The predicted octanol–water partition coefficient (Wildman–Crippen LogP) is 11.3. The van der Waals surface area contributed by atoms with Crippen molar-refractivity contribution in [1.82, 2.24) is 0 Å². The molecule has 2 aromatic rings. The van der Waals surface area contributed by atoms with E-state index in [1.165, 1.54) is 104 Å². The summed E-state index contributed by atoms with van der Waals surface area (Å²) in [5, 5.41) is 0. The molecule has 0 unspecified atom stereocenters. The van der Waals surface area contributed by atoms with Gasteiger partial charge in [-0.05, 0) is 71.9 Å². The van der Waals surface area contributed by atoms with Crippen LogP contribution in [0.15, 0.2) is 60.2 Å². The van der Waals surface area contributed by atoms with Crippen molar-refractivity contribution >= 4 is 11.4 Å². The number of rotatable bonds is 18. The molecule has 0 saturated carbocycles. The van der Waals surface area contributed by atoms with Crippen molar-refractivity contribution < 1.29 is 19.2 Å². The molecule has 3 heteroatoms. The summed E-state index contributed by atoms with van der Waals surface area (Å²) in [7, 11) is 0. The van der Waals surface area contributed by atoms with Crippen LogP contribution in [-0.2, 0) is 27.3 Å². The number of hydrogen-bond acceptors (Lipinski definition) is 0. The summed E-state index contributed by atoms with van der Waals surface area (Å²) in [6, 6.07) is 18.2. The molecular weight excluding hydrogens is 519 g/mol. The van der Waals surface area contributed by atoms with Crippen molar-refractivity contribution in [3.63, 3.8) is 0 Å². The Morgan fingerprint density at radius 3 is 1.59 bits per heavy atom. The van der Waals surface area contributed by atoms with Gasteiger partial charge in [0, 0.05) is 0 Å². The van der Waals surface area contributed by atoms with Crippen LogP contribution in [0.2, 0.25) is 11.8 Å². The van der Waals surface area contributed by atoms with E-state index in [1.54, 1.807) is 14.4 Å². The predicted molar refractivity (Wildman–Crippen MR) is 168 cm³/mol. The zero-order valence-corrected chi connectivity index (χ0v) is 26.5. The van der Waals surface area contributed by atoms with Gasteiger partial charge in [0.15, 0.2) is 0 Å². The van der Waals surface area contributed by atoms with Crippen LogP contribution in [-0.4, -0.2) is 10.7 Å². The van der Waals surface area contributed by atoms with Gasteiger partial charge in [-0.15, -0.1) is 4.79 Å². The number of allylic oxidation sites excluding steroid dienone is 2. The molecule has 39 heavy (non-hydrogen) atoms. The minimum absolute atomic E-state index is 0.959. The molecule has 0 aliphatic rings. The summed E-state index contributed by atoms with van der Waals surface area (Å²) in [6.45, 7) is 6.76. The summed E-state index contributed by atoms with van der Waals surface area (Å²) < 4.78 is 0. The Morgan fingerprint density at radius 2 is 1.10 bits per heavy atom. The average Bonchev–Trinajstić information content (AvgIpc) is 2.96. The Bertz CT molecular complexity index is 991. The number of hydrogen-bond donors (Lipinski definition) is 0. The Morgan fingerprint density at radius 1 is 0.667 bits per heavy atom. The van der Waals surface area contributed by atoms with Crippen molar-refractivity contribution in [1.29, 1.82) is 0 Å². The fourth-order valence-electron chi connectivity index (χ4n) is 4.82. The van der Waals surface area contributed by atoms with E-state index < -0.39 is 0 Å². The van der Waals surface area contributed by atoms with E-state index >= 15 is 0 Å². The van der Waals surface area contributed by atoms with Crippen LogP contribution in [0.5, 0.6) is 0 Å². The van der Waals surface area contributed by atoms with E-state index in [2.05, 4.69) is 91.7 Å². The number of aryl methyl sites for hydroxylation is 2. The van der Waals surface area contributed by atoms with Gasteiger partial charge >= 0.3 is 26.2 Å². The molecule has 0 aliphatic heterocycles. The van der Waals surface area contributed by atoms with Gasteiger partial charge in [0.25, 0.3) is 5.87 Å². The molecule has 2 nitrogen and oxygen atoms in total. The Labute approximate surface area is 246 Å². The molecule has 2 aromatic carbocycles. The molecule has 2 rings (SSSR count). The van der Waals surface area contributed by atoms with Gasteiger partial charge < -0.3 is 5.53 Å². The van der Waals surface area contributed by atoms with Gasteiger partial charge in [0.1, 0.15) is 0 Å². The van der Waals surface area contributed by atoms with Crippen LogP contribution < -0.4 is 0 Å². The topological polar surface area (TPSA) is 36.4 Å². The first kappa shape index (κ1) is 34.9. The summed E-state index contributed by atoms with van der Waals surface area (Å²) in [6.07, 6.45) is 20.3. The Kier molecular flexibility index (Phi) is 21.2. The second kappa shape index (κ2) is 23.7. The SMILES string of the molecule is CCCCCCCCC(C=C=[N+]=[N-])=C(c1ccc(CCCC)cc1)c1ccc(CCCCCC)cc1.[CH3][Ni][CH3]. The Hall–Kier alpha value is -2.17. The quantitative estimate of drug-likeness (QED) is 0.0425. The third-order valence-corrected chi connectivity index (χ3v) is 7.04. The molecule has 0 saturated heterocycles. The van der Waals surface area contributed by atoms with E-state index in [9.17, 15) is 0 Å². The molecule has 0 aromatic heterocycles. The zero-order valence-electron chi connectivity index (χ0n) is 25.5. The summed E-state index contributed by atoms with van der Waals surface area (Å²) >= 11 is 1.62. The maximum atomic E-state index is 9.14. The summed E-state index contributed by atoms with van der Waals surface area (Å²) in [5.41, 5.74) is 16.8. The molecule has 0 bridgehead atoms. The van der Waals surface area contributed by atoms with Crippen LogP contribution in [0.25, 0.3) is 11.1 Å². The number of unbranched alkanes of at least 4 members (excludes halogenated alkanes) is 9. The number of benzene rings is 2. The molecule has 218 valence electrons.